The zero-order chi connectivity index (χ0) is 16.0. The Bertz CT molecular complexity index is 580. The molecule has 112 valence electrons. The summed E-state index contributed by atoms with van der Waals surface area (Å²) in [6, 6.07) is 5.66. The van der Waals surface area contributed by atoms with Crippen LogP contribution in [0.2, 0.25) is 0 Å². The molecule has 1 amide bonds. The smallest absolute Gasteiger partial charge is 0.270 e. The average molecular weight is 291 g/mol. The van der Waals surface area contributed by atoms with Crippen molar-refractivity contribution < 1.29 is 9.72 Å². The van der Waals surface area contributed by atoms with E-state index in [1.165, 1.54) is 23.1 Å². The standard InChI is InChI=1S/C13H17N5O3/c1-9(2)17(7-3-6-14)13(19)11-8-10(18(20)21)4-5-12(11)16-15/h4-5,8-9,16H,3,7,15H2,1-2H3. The first-order valence-electron chi connectivity index (χ1n) is 6.35. The Kier molecular flexibility index (Phi) is 5.63. The van der Waals surface area contributed by atoms with Gasteiger partial charge in [-0.2, -0.15) is 5.26 Å². The molecule has 21 heavy (non-hydrogen) atoms. The normalized spacial score (nSPS) is 10.0. The van der Waals surface area contributed by atoms with Gasteiger partial charge in [0.2, 0.25) is 0 Å². The van der Waals surface area contributed by atoms with E-state index in [-0.39, 0.29) is 30.3 Å². The molecule has 0 atom stereocenters. The van der Waals surface area contributed by atoms with Gasteiger partial charge in [0.05, 0.1) is 28.7 Å². The molecule has 0 heterocycles. The number of benzene rings is 1. The highest BCUT2D eigenvalue weighted by Crippen LogP contribution is 2.23. The number of hydrogen-bond donors (Lipinski definition) is 2. The van der Waals surface area contributed by atoms with E-state index in [9.17, 15) is 14.9 Å². The number of nitrogen functional groups attached to an aromatic ring is 1. The van der Waals surface area contributed by atoms with E-state index in [1.807, 2.05) is 19.9 Å². The number of rotatable bonds is 6. The molecule has 0 aliphatic carbocycles. The number of non-ortho nitro benzene ring substituents is 1. The molecule has 0 fully saturated rings. The van der Waals surface area contributed by atoms with Crippen LogP contribution in [0.5, 0.6) is 0 Å². The van der Waals surface area contributed by atoms with Gasteiger partial charge < -0.3 is 10.3 Å². The molecule has 0 aromatic heterocycles. The Morgan fingerprint density at radius 2 is 2.24 bits per heavy atom. The third-order valence-electron chi connectivity index (χ3n) is 2.95. The molecule has 0 unspecified atom stereocenters. The van der Waals surface area contributed by atoms with E-state index in [2.05, 4.69) is 5.43 Å². The van der Waals surface area contributed by atoms with Crippen molar-refractivity contribution in [3.8, 4) is 6.07 Å². The number of hydrogen-bond acceptors (Lipinski definition) is 6. The van der Waals surface area contributed by atoms with Gasteiger partial charge in [-0.3, -0.25) is 20.8 Å². The van der Waals surface area contributed by atoms with Crippen molar-refractivity contribution in [2.24, 2.45) is 5.84 Å². The molecule has 0 spiro atoms. The van der Waals surface area contributed by atoms with E-state index in [0.29, 0.717) is 5.69 Å². The van der Waals surface area contributed by atoms with Crippen LogP contribution in [0.25, 0.3) is 0 Å². The van der Waals surface area contributed by atoms with E-state index < -0.39 is 10.8 Å². The summed E-state index contributed by atoms with van der Waals surface area (Å²) in [5.41, 5.74) is 2.57. The summed E-state index contributed by atoms with van der Waals surface area (Å²) in [5.74, 6) is 4.94. The van der Waals surface area contributed by atoms with Gasteiger partial charge in [-0.25, -0.2) is 0 Å². The maximum Gasteiger partial charge on any atom is 0.270 e. The third kappa shape index (κ3) is 3.90. The number of amides is 1. The van der Waals surface area contributed by atoms with E-state index in [0.717, 1.165) is 0 Å². The van der Waals surface area contributed by atoms with Gasteiger partial charge in [0.15, 0.2) is 0 Å². The fraction of sp³-hybridized carbons (Fsp3) is 0.385. The molecule has 8 nitrogen and oxygen atoms in total. The van der Waals surface area contributed by atoms with Crippen LogP contribution in [0.1, 0.15) is 30.6 Å². The highest BCUT2D eigenvalue weighted by molar-refractivity contribution is 6.00. The first-order valence-corrected chi connectivity index (χ1v) is 6.35. The molecule has 1 aromatic carbocycles. The predicted octanol–water partition coefficient (Wildman–Crippen LogP) is 1.64. The van der Waals surface area contributed by atoms with Crippen LogP contribution in [0.3, 0.4) is 0 Å². The largest absolute Gasteiger partial charge is 0.335 e. The Morgan fingerprint density at radius 1 is 1.57 bits per heavy atom. The van der Waals surface area contributed by atoms with Crippen molar-refractivity contribution in [1.29, 1.82) is 5.26 Å². The van der Waals surface area contributed by atoms with Gasteiger partial charge in [0.25, 0.3) is 11.6 Å². The monoisotopic (exact) mass is 291 g/mol. The minimum Gasteiger partial charge on any atom is -0.335 e. The average Bonchev–Trinajstić information content (AvgIpc) is 2.46. The van der Waals surface area contributed by atoms with Gasteiger partial charge in [0.1, 0.15) is 0 Å². The van der Waals surface area contributed by atoms with Crippen molar-refractivity contribution in [2.75, 3.05) is 12.0 Å². The van der Waals surface area contributed by atoms with E-state index in [1.54, 1.807) is 0 Å². The molecular weight excluding hydrogens is 274 g/mol. The Morgan fingerprint density at radius 3 is 2.71 bits per heavy atom. The number of hydrazine groups is 1. The number of nitro groups is 1. The zero-order valence-corrected chi connectivity index (χ0v) is 11.9. The van der Waals surface area contributed by atoms with E-state index in [4.69, 9.17) is 11.1 Å². The lowest BCUT2D eigenvalue weighted by molar-refractivity contribution is -0.384. The number of nitro benzene ring substituents is 1. The summed E-state index contributed by atoms with van der Waals surface area (Å²) < 4.78 is 0. The van der Waals surface area contributed by atoms with Crippen molar-refractivity contribution >= 4 is 17.3 Å². The lowest BCUT2D eigenvalue weighted by Crippen LogP contribution is -2.38. The summed E-state index contributed by atoms with van der Waals surface area (Å²) in [6.45, 7) is 3.87. The van der Waals surface area contributed by atoms with Crippen molar-refractivity contribution in [3.05, 3.63) is 33.9 Å². The fourth-order valence-electron chi connectivity index (χ4n) is 1.87. The summed E-state index contributed by atoms with van der Waals surface area (Å²) >= 11 is 0. The molecular formula is C13H17N5O3. The summed E-state index contributed by atoms with van der Waals surface area (Å²) in [6.07, 6.45) is 0.185. The van der Waals surface area contributed by atoms with Gasteiger partial charge in [-0.05, 0) is 19.9 Å². The summed E-state index contributed by atoms with van der Waals surface area (Å²) in [4.78, 5) is 24.3. The Hall–Kier alpha value is -2.66. The van der Waals surface area contributed by atoms with Crippen LogP contribution in [-0.2, 0) is 0 Å². The Balaban J connectivity index is 3.22. The van der Waals surface area contributed by atoms with E-state index >= 15 is 0 Å². The number of nitriles is 1. The quantitative estimate of drug-likeness (QED) is 0.466. The maximum absolute atomic E-state index is 12.5. The topological polar surface area (TPSA) is 125 Å². The first kappa shape index (κ1) is 16.4. The van der Waals surface area contributed by atoms with Crippen LogP contribution in [0, 0.1) is 21.4 Å². The SMILES string of the molecule is CC(C)N(CCC#N)C(=O)c1cc([N+](=O)[O-])ccc1NN. The second-order valence-corrected chi connectivity index (χ2v) is 4.63. The van der Waals surface area contributed by atoms with Gasteiger partial charge >= 0.3 is 0 Å². The number of carbonyl (C=O) groups excluding carboxylic acids is 1. The van der Waals surface area contributed by atoms with Gasteiger partial charge in [0, 0.05) is 24.7 Å². The summed E-state index contributed by atoms with van der Waals surface area (Å²) in [7, 11) is 0. The van der Waals surface area contributed by atoms with Crippen molar-refractivity contribution in [2.45, 2.75) is 26.3 Å². The van der Waals surface area contributed by atoms with Gasteiger partial charge in [-0.1, -0.05) is 0 Å². The predicted molar refractivity (Wildman–Crippen MR) is 77.3 cm³/mol. The molecule has 0 aliphatic rings. The number of nitrogens with zero attached hydrogens (tertiary/aromatic N) is 3. The van der Waals surface area contributed by atoms with Crippen molar-refractivity contribution in [3.63, 3.8) is 0 Å². The van der Waals surface area contributed by atoms with Gasteiger partial charge in [-0.15, -0.1) is 0 Å². The second-order valence-electron chi connectivity index (χ2n) is 4.63. The molecule has 8 heteroatoms. The lowest BCUT2D eigenvalue weighted by Gasteiger charge is -2.26. The highest BCUT2D eigenvalue weighted by Gasteiger charge is 2.23. The third-order valence-corrected chi connectivity index (χ3v) is 2.95. The highest BCUT2D eigenvalue weighted by atomic mass is 16.6. The summed E-state index contributed by atoms with van der Waals surface area (Å²) in [5, 5.41) is 19.5. The number of carbonyl (C=O) groups is 1. The lowest BCUT2D eigenvalue weighted by atomic mass is 10.1. The van der Waals surface area contributed by atoms with Crippen LogP contribution < -0.4 is 11.3 Å². The first-order chi connectivity index (χ1) is 9.92. The molecule has 0 radical (unpaired) electrons. The Labute approximate surface area is 122 Å². The second kappa shape index (κ2) is 7.21. The molecule has 0 saturated carbocycles. The molecule has 0 aliphatic heterocycles. The fourth-order valence-corrected chi connectivity index (χ4v) is 1.87. The number of nitrogens with two attached hydrogens (primary N) is 1. The molecule has 1 aromatic rings. The zero-order valence-electron chi connectivity index (χ0n) is 11.9. The van der Waals surface area contributed by atoms with Crippen LogP contribution in [0.15, 0.2) is 18.2 Å². The number of nitrogens with one attached hydrogen (secondary N) is 1. The minimum absolute atomic E-state index is 0.110. The number of anilines is 1. The van der Waals surface area contributed by atoms with Crippen molar-refractivity contribution in [1.82, 2.24) is 4.90 Å². The van der Waals surface area contributed by atoms with Crippen LogP contribution in [-0.4, -0.2) is 28.3 Å². The molecule has 0 saturated heterocycles. The van der Waals surface area contributed by atoms with Crippen LogP contribution in [0.4, 0.5) is 11.4 Å². The molecule has 1 rings (SSSR count). The maximum atomic E-state index is 12.5. The molecule has 0 bridgehead atoms. The van der Waals surface area contributed by atoms with Crippen LogP contribution >= 0.6 is 0 Å². The molecule has 3 N–H and O–H groups in total. The minimum atomic E-state index is -0.577.